The van der Waals surface area contributed by atoms with E-state index in [9.17, 15) is 5.48 Å². The summed E-state index contributed by atoms with van der Waals surface area (Å²) in [4.78, 5) is 4.48. The third-order valence-electron chi connectivity index (χ3n) is 7.74. The van der Waals surface area contributed by atoms with Crippen LogP contribution in [0.4, 0.5) is 0 Å². The monoisotopic (exact) mass is 563 g/mol. The van der Waals surface area contributed by atoms with E-state index < -0.39 is 67.4 Å². The molecule has 2 heteroatoms. The minimum Gasteiger partial charge on any atom is -0.296 e. The molecule has 0 aliphatic heterocycles. The van der Waals surface area contributed by atoms with Crippen LogP contribution in [-0.4, -0.2) is 9.55 Å². The second kappa shape index (κ2) is 10.4. The Morgan fingerprint density at radius 3 is 1.81 bits per heavy atom. The van der Waals surface area contributed by atoms with Crippen molar-refractivity contribution in [1.82, 2.24) is 9.55 Å². The average molecular weight is 564 g/mol. The summed E-state index contributed by atoms with van der Waals surface area (Å²) in [5.74, 6) is -0.447. The Morgan fingerprint density at radius 1 is 0.605 bits per heavy atom. The van der Waals surface area contributed by atoms with E-state index in [1.807, 2.05) is 42.5 Å². The van der Waals surface area contributed by atoms with Crippen molar-refractivity contribution >= 4 is 32.6 Å². The second-order valence-corrected chi connectivity index (χ2v) is 10.1. The zero-order valence-corrected chi connectivity index (χ0v) is 22.7. The summed E-state index contributed by atoms with van der Waals surface area (Å²) < 4.78 is 117. The van der Waals surface area contributed by atoms with Gasteiger partial charge in [-0.15, -0.1) is 0 Å². The number of para-hydroxylation sites is 3. The van der Waals surface area contributed by atoms with Crippen molar-refractivity contribution in [2.45, 2.75) is 13.2 Å². The highest BCUT2D eigenvalue weighted by Crippen LogP contribution is 2.47. The fourth-order valence-corrected chi connectivity index (χ4v) is 5.97. The van der Waals surface area contributed by atoms with Gasteiger partial charge in [0, 0.05) is 18.8 Å². The van der Waals surface area contributed by atoms with Crippen LogP contribution in [-0.2, 0) is 6.37 Å². The van der Waals surface area contributed by atoms with E-state index in [0.717, 1.165) is 5.56 Å². The van der Waals surface area contributed by atoms with Crippen molar-refractivity contribution in [1.29, 1.82) is 0 Å². The Bertz CT molecular complexity index is 2840. The molecule has 0 spiro atoms. The maximum Gasteiger partial charge on any atom is 0.114 e. The van der Waals surface area contributed by atoms with Gasteiger partial charge in [-0.1, -0.05) is 140 Å². The Kier molecular flexibility index (Phi) is 3.67. The molecule has 0 saturated heterocycles. The van der Waals surface area contributed by atoms with E-state index in [4.69, 9.17) is 12.3 Å². The topological polar surface area (TPSA) is 17.8 Å². The van der Waals surface area contributed by atoms with Crippen LogP contribution in [0.2, 0.25) is 0 Å². The largest absolute Gasteiger partial charge is 0.296 e. The molecule has 0 unspecified atom stereocenters. The van der Waals surface area contributed by atoms with Crippen LogP contribution < -0.4 is 0 Å². The molecular formula is C41H30N2. The lowest BCUT2D eigenvalue weighted by molar-refractivity contribution is 0.909. The van der Waals surface area contributed by atoms with Gasteiger partial charge in [-0.3, -0.25) is 4.57 Å². The van der Waals surface area contributed by atoms with Gasteiger partial charge in [-0.2, -0.15) is 0 Å². The Labute approximate surface area is 269 Å². The van der Waals surface area contributed by atoms with E-state index in [1.54, 1.807) is 60.7 Å². The van der Waals surface area contributed by atoms with Crippen LogP contribution in [0.1, 0.15) is 30.5 Å². The summed E-state index contributed by atoms with van der Waals surface area (Å²) in [6.45, 7) is -3.16. The maximum absolute atomic E-state index is 9.45. The van der Waals surface area contributed by atoms with Crippen molar-refractivity contribution < 1.29 is 17.8 Å². The lowest BCUT2D eigenvalue weighted by Gasteiger charge is -2.21. The van der Waals surface area contributed by atoms with Crippen LogP contribution in [0.15, 0.2) is 151 Å². The molecule has 8 aromatic rings. The SMILES string of the molecule is [2H]c1c([2H])c([2H])c2c(-c3ccccc3-n3c(C([2H])([2H])C([2H])([2H])[2H])nc4ccccc43)c3c([2H])c([2H])c([2H])c([2H])c3c(-c3ccccc3-c3ccccc3)c2c1[2H]. The number of benzene rings is 7. The number of hydrogen-bond donors (Lipinski definition) is 0. The summed E-state index contributed by atoms with van der Waals surface area (Å²) in [5.41, 5.74) is 3.10. The van der Waals surface area contributed by atoms with Crippen LogP contribution in [0.5, 0.6) is 0 Å². The van der Waals surface area contributed by atoms with Crippen LogP contribution >= 0.6 is 0 Å². The molecule has 1 heterocycles. The van der Waals surface area contributed by atoms with Crippen molar-refractivity contribution in [2.75, 3.05) is 0 Å². The lowest BCUT2D eigenvalue weighted by Crippen LogP contribution is -2.03. The van der Waals surface area contributed by atoms with E-state index in [-0.39, 0.29) is 49.4 Å². The molecule has 8 rings (SSSR count). The number of aryl methyl sites for hydroxylation is 1. The third kappa shape index (κ3) is 4.06. The summed E-state index contributed by atoms with van der Waals surface area (Å²) >= 11 is 0. The van der Waals surface area contributed by atoms with Crippen molar-refractivity contribution in [2.24, 2.45) is 0 Å². The van der Waals surface area contributed by atoms with E-state index in [1.165, 1.54) is 4.57 Å². The number of imidazole rings is 1. The van der Waals surface area contributed by atoms with Crippen molar-refractivity contribution in [3.63, 3.8) is 0 Å². The molecule has 0 aliphatic carbocycles. The second-order valence-electron chi connectivity index (χ2n) is 10.1. The molecule has 0 atom stereocenters. The molecule has 0 radical (unpaired) electrons. The smallest absolute Gasteiger partial charge is 0.114 e. The zero-order chi connectivity index (χ0) is 40.0. The first-order valence-electron chi connectivity index (χ1n) is 20.3. The molecule has 0 saturated carbocycles. The summed E-state index contributed by atoms with van der Waals surface area (Å²) in [7, 11) is 0. The normalized spacial score (nSPS) is 16.4. The molecule has 0 bridgehead atoms. The predicted molar refractivity (Wildman–Crippen MR) is 182 cm³/mol. The van der Waals surface area contributed by atoms with Gasteiger partial charge in [0.15, 0.2) is 0 Å². The molecular weight excluding hydrogens is 520 g/mol. The minimum absolute atomic E-state index is 0.00949. The van der Waals surface area contributed by atoms with Crippen LogP contribution in [0, 0.1) is 0 Å². The van der Waals surface area contributed by atoms with Crippen molar-refractivity contribution in [3.8, 4) is 39.1 Å². The summed E-state index contributed by atoms with van der Waals surface area (Å²) in [6.07, 6.45) is -2.99. The van der Waals surface area contributed by atoms with Crippen LogP contribution in [0.3, 0.4) is 0 Å². The molecule has 0 N–H and O–H groups in total. The molecule has 204 valence electrons. The first kappa shape index (κ1) is 15.1. The van der Waals surface area contributed by atoms with Gasteiger partial charge in [0.05, 0.1) is 27.7 Å². The van der Waals surface area contributed by atoms with Gasteiger partial charge in [0.1, 0.15) is 5.82 Å². The summed E-state index contributed by atoms with van der Waals surface area (Å²) in [6, 6.07) is 25.6. The molecule has 2 nitrogen and oxygen atoms in total. The molecule has 7 aromatic carbocycles. The fraction of sp³-hybridized carbons (Fsp3) is 0.0488. The first-order valence-corrected chi connectivity index (χ1v) is 13.8. The maximum atomic E-state index is 9.45. The van der Waals surface area contributed by atoms with E-state index in [2.05, 4.69) is 4.98 Å². The van der Waals surface area contributed by atoms with Crippen LogP contribution in [0.25, 0.3) is 71.6 Å². The van der Waals surface area contributed by atoms with Gasteiger partial charge in [0.25, 0.3) is 0 Å². The quantitative estimate of drug-likeness (QED) is 0.190. The van der Waals surface area contributed by atoms with Gasteiger partial charge < -0.3 is 0 Å². The average Bonchev–Trinajstić information content (AvgIpc) is 3.60. The third-order valence-corrected chi connectivity index (χ3v) is 7.74. The fourth-order valence-electron chi connectivity index (χ4n) is 5.97. The van der Waals surface area contributed by atoms with Crippen molar-refractivity contribution in [3.05, 3.63) is 157 Å². The number of rotatable bonds is 5. The minimum atomic E-state index is -3.16. The number of hydrogen-bond acceptors (Lipinski definition) is 1. The highest BCUT2D eigenvalue weighted by molar-refractivity contribution is 6.23. The van der Waals surface area contributed by atoms with Gasteiger partial charge in [0.2, 0.25) is 0 Å². The molecule has 0 fully saturated rings. The highest BCUT2D eigenvalue weighted by Gasteiger charge is 2.21. The molecule has 1 aromatic heterocycles. The first-order chi connectivity index (χ1) is 26.6. The predicted octanol–water partition coefficient (Wildman–Crippen LogP) is 10.9. The van der Waals surface area contributed by atoms with Gasteiger partial charge >= 0.3 is 0 Å². The number of nitrogens with zero attached hydrogens (tertiary/aromatic N) is 2. The molecule has 0 aliphatic rings. The van der Waals surface area contributed by atoms with E-state index in [0.29, 0.717) is 16.6 Å². The Balaban J connectivity index is 1.66. The lowest BCUT2D eigenvalue weighted by atomic mass is 9.83. The molecule has 0 amide bonds. The van der Waals surface area contributed by atoms with E-state index >= 15 is 0 Å². The summed E-state index contributed by atoms with van der Waals surface area (Å²) in [5, 5.41) is -0.0576. The zero-order valence-electron chi connectivity index (χ0n) is 35.7. The van der Waals surface area contributed by atoms with Gasteiger partial charge in [-0.05, 0) is 67.6 Å². The Morgan fingerprint density at radius 2 is 1.14 bits per heavy atom. The highest BCUT2D eigenvalue weighted by atomic mass is 15.1. The number of aromatic nitrogens is 2. The van der Waals surface area contributed by atoms with Gasteiger partial charge in [-0.25, -0.2) is 4.98 Å². The Hall–Kier alpha value is -5.47. The number of fused-ring (bicyclic) bond motifs is 3. The standard InChI is InChI=1S/C41H30N2/c1-2-39-42-36-25-13-15-27-38(36)43(39)37-26-14-12-24-35(37)41-33-22-10-8-20-31(33)40(32-21-9-11-23-34(32)41)30-19-7-6-18-29(30)28-16-4-3-5-17-28/h3-27H,2H2,1H3/i1D3,2D2,8D,9D,10D,11D,20D,21D,22D,23D. The molecule has 43 heavy (non-hydrogen) atoms.